The first kappa shape index (κ1) is 17.5. The van der Waals surface area contributed by atoms with Crippen LogP contribution >= 0.6 is 0 Å². The van der Waals surface area contributed by atoms with Gasteiger partial charge in [-0.15, -0.1) is 0 Å². The number of amides is 1. The molecule has 5 nitrogen and oxygen atoms in total. The average Bonchev–Trinajstić information content (AvgIpc) is 3.04. The van der Waals surface area contributed by atoms with Crippen LogP contribution in [0.4, 0.5) is 0 Å². The molecule has 0 saturated carbocycles. The Labute approximate surface area is 137 Å². The van der Waals surface area contributed by atoms with Crippen LogP contribution in [0, 0.1) is 12.8 Å². The first-order chi connectivity index (χ1) is 11.0. The number of carbonyl (C=O) groups is 2. The molecule has 0 radical (unpaired) electrons. The minimum Gasteiger partial charge on any atom is -0.481 e. The maximum atomic E-state index is 11.9. The molecule has 2 N–H and O–H groups in total. The number of aryl methyl sites for hydroxylation is 1. The highest BCUT2D eigenvalue weighted by molar-refractivity contribution is 5.77. The molecule has 1 aliphatic rings. The molecule has 1 aliphatic heterocycles. The van der Waals surface area contributed by atoms with Crippen LogP contribution in [0.1, 0.15) is 36.8 Å². The number of hydrogen-bond donors (Lipinski definition) is 2. The number of carbonyl (C=O) groups excluding carboxylic acids is 1. The third-order valence-corrected chi connectivity index (χ3v) is 4.21. The van der Waals surface area contributed by atoms with E-state index in [1.165, 1.54) is 0 Å². The predicted molar refractivity (Wildman–Crippen MR) is 87.2 cm³/mol. The van der Waals surface area contributed by atoms with Gasteiger partial charge in [-0.25, -0.2) is 0 Å². The van der Waals surface area contributed by atoms with E-state index in [9.17, 15) is 14.7 Å². The molecule has 5 heteroatoms. The lowest BCUT2D eigenvalue weighted by Crippen LogP contribution is -2.34. The largest absolute Gasteiger partial charge is 0.481 e. The molecule has 2 rings (SSSR count). The fraction of sp³-hybridized carbons (Fsp3) is 0.556. The molecule has 0 spiro atoms. The van der Waals surface area contributed by atoms with E-state index in [0.717, 1.165) is 30.6 Å². The lowest BCUT2D eigenvalue weighted by molar-refractivity contribution is -0.141. The Hall–Kier alpha value is -1.88. The van der Waals surface area contributed by atoms with Crippen molar-refractivity contribution in [3.63, 3.8) is 0 Å². The Balaban J connectivity index is 1.76. The van der Waals surface area contributed by atoms with Gasteiger partial charge in [0.1, 0.15) is 0 Å². The van der Waals surface area contributed by atoms with Gasteiger partial charge in [-0.05, 0) is 38.2 Å². The van der Waals surface area contributed by atoms with E-state index in [1.54, 1.807) is 0 Å². The monoisotopic (exact) mass is 319 g/mol. The number of ether oxygens (including phenoxy) is 1. The Morgan fingerprint density at radius 2 is 2.09 bits per heavy atom. The Kier molecular flexibility index (Phi) is 6.59. The second-order valence-electron chi connectivity index (χ2n) is 6.20. The number of rotatable bonds is 8. The zero-order chi connectivity index (χ0) is 16.7. The van der Waals surface area contributed by atoms with Crippen LogP contribution < -0.4 is 5.32 Å². The fourth-order valence-corrected chi connectivity index (χ4v) is 2.74. The van der Waals surface area contributed by atoms with Crippen molar-refractivity contribution in [3.8, 4) is 0 Å². The zero-order valence-corrected chi connectivity index (χ0v) is 13.6. The van der Waals surface area contributed by atoms with Gasteiger partial charge in [0.25, 0.3) is 0 Å². The van der Waals surface area contributed by atoms with E-state index in [2.05, 4.69) is 5.32 Å². The molecule has 1 aromatic rings. The fourth-order valence-electron chi connectivity index (χ4n) is 2.74. The predicted octanol–water partition coefficient (Wildman–Crippen LogP) is 2.31. The van der Waals surface area contributed by atoms with Gasteiger partial charge in [0.05, 0.1) is 12.0 Å². The Morgan fingerprint density at radius 3 is 2.70 bits per heavy atom. The van der Waals surface area contributed by atoms with Gasteiger partial charge in [0, 0.05) is 19.6 Å². The van der Waals surface area contributed by atoms with Gasteiger partial charge in [0.15, 0.2) is 0 Å². The first-order valence-electron chi connectivity index (χ1n) is 8.21. The smallest absolute Gasteiger partial charge is 0.308 e. The molecule has 0 bridgehead atoms. The van der Waals surface area contributed by atoms with Crippen LogP contribution in [0.25, 0.3) is 0 Å². The summed E-state index contributed by atoms with van der Waals surface area (Å²) in [6, 6.07) is 7.80. The van der Waals surface area contributed by atoms with E-state index >= 15 is 0 Å². The van der Waals surface area contributed by atoms with Crippen LogP contribution in [0.5, 0.6) is 0 Å². The molecule has 126 valence electrons. The van der Waals surface area contributed by atoms with Crippen molar-refractivity contribution in [2.24, 2.45) is 5.92 Å². The lowest BCUT2D eigenvalue weighted by Gasteiger charge is -2.14. The molecular weight excluding hydrogens is 294 g/mol. The van der Waals surface area contributed by atoms with E-state index in [1.807, 2.05) is 31.2 Å². The summed E-state index contributed by atoms with van der Waals surface area (Å²) in [4.78, 5) is 23.2. The van der Waals surface area contributed by atoms with Crippen LogP contribution in [-0.2, 0) is 20.7 Å². The van der Waals surface area contributed by atoms with Gasteiger partial charge in [-0.3, -0.25) is 9.59 Å². The maximum absolute atomic E-state index is 11.9. The lowest BCUT2D eigenvalue weighted by atomic mass is 9.98. The second-order valence-corrected chi connectivity index (χ2v) is 6.20. The van der Waals surface area contributed by atoms with Crippen molar-refractivity contribution in [2.45, 2.75) is 45.1 Å². The molecule has 2 atom stereocenters. The summed E-state index contributed by atoms with van der Waals surface area (Å²) >= 11 is 0. The number of nitrogens with one attached hydrogen (secondary N) is 1. The number of benzene rings is 1. The third kappa shape index (κ3) is 6.02. The normalized spacial score (nSPS) is 18.6. The molecule has 23 heavy (non-hydrogen) atoms. The summed E-state index contributed by atoms with van der Waals surface area (Å²) in [5.74, 6) is -1.59. The Morgan fingerprint density at radius 1 is 1.35 bits per heavy atom. The molecule has 1 fully saturated rings. The highest BCUT2D eigenvalue weighted by Crippen LogP contribution is 2.16. The van der Waals surface area contributed by atoms with Gasteiger partial charge in [0.2, 0.25) is 5.91 Å². The van der Waals surface area contributed by atoms with Crippen LogP contribution in [0.15, 0.2) is 24.3 Å². The van der Waals surface area contributed by atoms with Gasteiger partial charge in [-0.1, -0.05) is 29.8 Å². The van der Waals surface area contributed by atoms with E-state index < -0.39 is 11.9 Å². The van der Waals surface area contributed by atoms with Crippen LogP contribution in [0.3, 0.4) is 0 Å². The maximum Gasteiger partial charge on any atom is 0.308 e. The molecule has 1 heterocycles. The summed E-state index contributed by atoms with van der Waals surface area (Å²) in [6.45, 7) is 2.93. The molecule has 1 aromatic carbocycles. The summed E-state index contributed by atoms with van der Waals surface area (Å²) in [5, 5.41) is 12.1. The SMILES string of the molecule is Cc1ccc(CC(CNC(=O)CCC2CCCO2)C(=O)O)cc1. The minimum absolute atomic E-state index is 0.101. The van der Waals surface area contributed by atoms with Crippen molar-refractivity contribution in [3.05, 3.63) is 35.4 Å². The number of carboxylic acid groups (broad SMARTS) is 1. The van der Waals surface area contributed by atoms with Gasteiger partial charge >= 0.3 is 5.97 Å². The highest BCUT2D eigenvalue weighted by atomic mass is 16.5. The molecule has 2 unspecified atom stereocenters. The molecule has 0 aromatic heterocycles. The molecular formula is C18H25NO4. The summed E-state index contributed by atoms with van der Waals surface area (Å²) in [6.07, 6.45) is 3.77. The van der Waals surface area contributed by atoms with E-state index in [-0.39, 0.29) is 18.6 Å². The quantitative estimate of drug-likeness (QED) is 0.771. The number of hydrogen-bond acceptors (Lipinski definition) is 3. The standard InChI is InChI=1S/C18H25NO4/c1-13-4-6-14(7-5-13)11-15(18(21)22)12-19-17(20)9-8-16-3-2-10-23-16/h4-7,15-16H,2-3,8-12H2,1H3,(H,19,20)(H,21,22). The highest BCUT2D eigenvalue weighted by Gasteiger charge is 2.20. The summed E-state index contributed by atoms with van der Waals surface area (Å²) in [5.41, 5.74) is 2.11. The van der Waals surface area contributed by atoms with Crippen molar-refractivity contribution >= 4 is 11.9 Å². The van der Waals surface area contributed by atoms with Gasteiger partial charge in [-0.2, -0.15) is 0 Å². The zero-order valence-electron chi connectivity index (χ0n) is 13.6. The average molecular weight is 319 g/mol. The molecule has 0 aliphatic carbocycles. The summed E-state index contributed by atoms with van der Waals surface area (Å²) in [7, 11) is 0. The molecule has 1 amide bonds. The van der Waals surface area contributed by atoms with Crippen molar-refractivity contribution in [1.29, 1.82) is 0 Å². The first-order valence-corrected chi connectivity index (χ1v) is 8.21. The van der Waals surface area contributed by atoms with Crippen molar-refractivity contribution in [1.82, 2.24) is 5.32 Å². The van der Waals surface area contributed by atoms with Crippen molar-refractivity contribution in [2.75, 3.05) is 13.2 Å². The van der Waals surface area contributed by atoms with Crippen LogP contribution in [-0.4, -0.2) is 36.2 Å². The topological polar surface area (TPSA) is 75.6 Å². The van der Waals surface area contributed by atoms with Crippen LogP contribution in [0.2, 0.25) is 0 Å². The third-order valence-electron chi connectivity index (χ3n) is 4.21. The Bertz CT molecular complexity index is 520. The molecule has 1 saturated heterocycles. The minimum atomic E-state index is -0.884. The second kappa shape index (κ2) is 8.67. The summed E-state index contributed by atoms with van der Waals surface area (Å²) < 4.78 is 5.48. The number of aliphatic carboxylic acids is 1. The number of carboxylic acids is 1. The van der Waals surface area contributed by atoms with Gasteiger partial charge < -0.3 is 15.2 Å². The van der Waals surface area contributed by atoms with E-state index in [4.69, 9.17) is 4.74 Å². The van der Waals surface area contributed by atoms with E-state index in [0.29, 0.717) is 19.3 Å². The van der Waals surface area contributed by atoms with Crippen molar-refractivity contribution < 1.29 is 19.4 Å².